The maximum absolute atomic E-state index is 12.4. The van der Waals surface area contributed by atoms with E-state index in [1.54, 1.807) is 0 Å². The van der Waals surface area contributed by atoms with E-state index in [1.165, 1.54) is 64.2 Å². The van der Waals surface area contributed by atoms with Gasteiger partial charge in [-0.25, -0.2) is 4.79 Å². The molecule has 0 spiro atoms. The Labute approximate surface area is 233 Å². The summed E-state index contributed by atoms with van der Waals surface area (Å²) in [6.45, 7) is 4.85. The average molecular weight is 541 g/mol. The van der Waals surface area contributed by atoms with Gasteiger partial charge in [0, 0.05) is 12.8 Å². The van der Waals surface area contributed by atoms with Crippen molar-refractivity contribution in [3.63, 3.8) is 0 Å². The zero-order chi connectivity index (χ0) is 28.3. The Kier molecular flexibility index (Phi) is 25.8. The zero-order valence-electron chi connectivity index (χ0n) is 24.8. The fraction of sp³-hybridized carbons (Fsp3) is 0.903. The number of carboxylic acid groups (broad SMARTS) is 1. The topological polar surface area (TPSA) is 119 Å². The third kappa shape index (κ3) is 23.5. The number of esters is 1. The van der Waals surface area contributed by atoms with Crippen molar-refractivity contribution in [3.8, 4) is 0 Å². The summed E-state index contributed by atoms with van der Waals surface area (Å²) < 4.78 is 5.88. The first-order chi connectivity index (χ1) is 18.4. The molecule has 2 unspecified atom stereocenters. The van der Waals surface area contributed by atoms with Gasteiger partial charge in [0.2, 0.25) is 5.91 Å². The molecule has 7 nitrogen and oxygen atoms in total. The highest BCUT2D eigenvalue weighted by Crippen LogP contribution is 2.18. The first kappa shape index (κ1) is 36.4. The van der Waals surface area contributed by atoms with Crippen molar-refractivity contribution in [2.75, 3.05) is 6.54 Å². The van der Waals surface area contributed by atoms with Crippen LogP contribution in [0.1, 0.15) is 162 Å². The van der Waals surface area contributed by atoms with Crippen LogP contribution in [0.15, 0.2) is 0 Å². The highest BCUT2D eigenvalue weighted by atomic mass is 16.5. The molecule has 38 heavy (non-hydrogen) atoms. The molecule has 7 heteroatoms. The van der Waals surface area contributed by atoms with Crippen LogP contribution in [0.2, 0.25) is 0 Å². The van der Waals surface area contributed by atoms with E-state index in [9.17, 15) is 19.5 Å². The predicted molar refractivity (Wildman–Crippen MR) is 156 cm³/mol. The summed E-state index contributed by atoms with van der Waals surface area (Å²) in [7, 11) is 0. The Hall–Kier alpha value is -1.63. The minimum Gasteiger partial charge on any atom is -0.480 e. The summed E-state index contributed by atoms with van der Waals surface area (Å²) in [4.78, 5) is 35.8. The third-order valence-corrected chi connectivity index (χ3v) is 7.17. The fourth-order valence-electron chi connectivity index (χ4n) is 4.74. The molecule has 2 atom stereocenters. The molecular weight excluding hydrogens is 480 g/mol. The molecule has 0 saturated heterocycles. The lowest BCUT2D eigenvalue weighted by Crippen LogP contribution is -2.40. The summed E-state index contributed by atoms with van der Waals surface area (Å²) in [6.07, 6.45) is 23.0. The molecule has 0 aliphatic carbocycles. The van der Waals surface area contributed by atoms with E-state index in [0.717, 1.165) is 57.8 Å². The minimum atomic E-state index is -1.01. The van der Waals surface area contributed by atoms with Crippen LogP contribution in [-0.2, 0) is 19.1 Å². The molecule has 0 heterocycles. The lowest BCUT2D eigenvalue weighted by molar-refractivity contribution is -0.150. The quantitative estimate of drug-likeness (QED) is 0.0701. The fourth-order valence-corrected chi connectivity index (χ4v) is 4.74. The average Bonchev–Trinajstić information content (AvgIpc) is 2.89. The highest BCUT2D eigenvalue weighted by Gasteiger charge is 2.19. The van der Waals surface area contributed by atoms with Crippen molar-refractivity contribution in [1.29, 1.82) is 0 Å². The molecule has 0 aromatic rings. The van der Waals surface area contributed by atoms with Crippen molar-refractivity contribution in [2.24, 2.45) is 5.73 Å². The van der Waals surface area contributed by atoms with Crippen molar-refractivity contribution >= 4 is 17.8 Å². The highest BCUT2D eigenvalue weighted by molar-refractivity contribution is 5.83. The van der Waals surface area contributed by atoms with Gasteiger partial charge < -0.3 is 20.9 Å². The number of ether oxygens (including phenoxy) is 1. The summed E-state index contributed by atoms with van der Waals surface area (Å²) in [5.74, 6) is -1.27. The molecule has 224 valence electrons. The van der Waals surface area contributed by atoms with Gasteiger partial charge in [-0.2, -0.15) is 0 Å². The molecule has 0 radical (unpaired) electrons. The summed E-state index contributed by atoms with van der Waals surface area (Å²) in [5.41, 5.74) is 5.44. The van der Waals surface area contributed by atoms with E-state index in [1.807, 2.05) is 0 Å². The molecule has 0 saturated carbocycles. The third-order valence-electron chi connectivity index (χ3n) is 7.17. The summed E-state index contributed by atoms with van der Waals surface area (Å²) >= 11 is 0. The molecule has 0 aliphatic heterocycles. The Morgan fingerprint density at radius 1 is 0.658 bits per heavy atom. The van der Waals surface area contributed by atoms with Gasteiger partial charge in [0.25, 0.3) is 0 Å². The van der Waals surface area contributed by atoms with Crippen LogP contribution < -0.4 is 11.1 Å². The molecular formula is C31H60N2O5. The van der Waals surface area contributed by atoms with Gasteiger partial charge in [-0.15, -0.1) is 0 Å². The van der Waals surface area contributed by atoms with Crippen LogP contribution in [0.25, 0.3) is 0 Å². The minimum absolute atomic E-state index is 0.0000837. The molecule has 0 rings (SSSR count). The van der Waals surface area contributed by atoms with Crippen LogP contribution in [0.3, 0.4) is 0 Å². The molecule has 0 aromatic heterocycles. The van der Waals surface area contributed by atoms with Crippen molar-refractivity contribution in [1.82, 2.24) is 5.32 Å². The number of rotatable bonds is 28. The smallest absolute Gasteiger partial charge is 0.326 e. The Balaban J connectivity index is 4.14. The number of amides is 1. The van der Waals surface area contributed by atoms with Crippen LogP contribution in [0.4, 0.5) is 0 Å². The first-order valence-corrected chi connectivity index (χ1v) is 15.9. The van der Waals surface area contributed by atoms with Gasteiger partial charge in [0.05, 0.1) is 0 Å². The van der Waals surface area contributed by atoms with E-state index in [-0.39, 0.29) is 18.0 Å². The van der Waals surface area contributed by atoms with Gasteiger partial charge in [0.1, 0.15) is 12.1 Å². The van der Waals surface area contributed by atoms with Gasteiger partial charge in [-0.05, 0) is 57.9 Å². The number of carboxylic acids is 1. The lowest BCUT2D eigenvalue weighted by Gasteiger charge is -2.18. The van der Waals surface area contributed by atoms with E-state index in [0.29, 0.717) is 32.2 Å². The van der Waals surface area contributed by atoms with Gasteiger partial charge in [-0.3, -0.25) is 9.59 Å². The van der Waals surface area contributed by atoms with Crippen molar-refractivity contribution < 1.29 is 24.2 Å². The number of unbranched alkanes of at least 4 members (excludes halogenated alkanes) is 14. The second-order valence-electron chi connectivity index (χ2n) is 10.9. The van der Waals surface area contributed by atoms with Crippen molar-refractivity contribution in [2.45, 2.75) is 174 Å². The Bertz CT molecular complexity index is 585. The maximum atomic E-state index is 12.4. The number of aliphatic carboxylic acids is 1. The maximum Gasteiger partial charge on any atom is 0.326 e. The number of hydrogen-bond donors (Lipinski definition) is 3. The molecule has 1 amide bonds. The molecule has 0 bridgehead atoms. The van der Waals surface area contributed by atoms with Crippen molar-refractivity contribution in [3.05, 3.63) is 0 Å². The summed E-state index contributed by atoms with van der Waals surface area (Å²) in [5, 5.41) is 11.8. The lowest BCUT2D eigenvalue weighted by atomic mass is 10.0. The second kappa shape index (κ2) is 27.0. The Morgan fingerprint density at radius 3 is 1.66 bits per heavy atom. The van der Waals surface area contributed by atoms with Crippen LogP contribution in [0, 0.1) is 0 Å². The van der Waals surface area contributed by atoms with E-state index in [2.05, 4.69) is 19.2 Å². The predicted octanol–water partition coefficient (Wildman–Crippen LogP) is 7.44. The molecule has 0 aromatic carbocycles. The van der Waals surface area contributed by atoms with Gasteiger partial charge in [0.15, 0.2) is 0 Å². The van der Waals surface area contributed by atoms with E-state index in [4.69, 9.17) is 10.5 Å². The molecule has 0 fully saturated rings. The van der Waals surface area contributed by atoms with Crippen LogP contribution >= 0.6 is 0 Å². The molecule has 0 aliphatic rings. The molecule has 4 N–H and O–H groups in total. The van der Waals surface area contributed by atoms with E-state index < -0.39 is 12.0 Å². The SMILES string of the molecule is CCCCCCCCCCCC(=O)OC(CCCCCC)CCCCCCC(=O)NC(CCCN)C(=O)O. The first-order valence-electron chi connectivity index (χ1n) is 15.9. The van der Waals surface area contributed by atoms with Gasteiger partial charge >= 0.3 is 11.9 Å². The monoisotopic (exact) mass is 540 g/mol. The normalized spacial score (nSPS) is 12.7. The number of hydrogen-bond acceptors (Lipinski definition) is 5. The van der Waals surface area contributed by atoms with Crippen LogP contribution in [0.5, 0.6) is 0 Å². The standard InChI is InChI=1S/C31H60N2O5/c1-3-5-7-9-10-11-12-13-19-25-30(35)38-27(21-16-8-6-4-2)22-17-14-15-18-24-29(34)33-28(31(36)37)23-20-26-32/h27-28H,3-26,32H2,1-2H3,(H,33,34)(H,36,37). The van der Waals surface area contributed by atoms with Gasteiger partial charge in [-0.1, -0.05) is 97.3 Å². The largest absolute Gasteiger partial charge is 0.480 e. The zero-order valence-corrected chi connectivity index (χ0v) is 24.8. The number of nitrogens with two attached hydrogens (primary N) is 1. The van der Waals surface area contributed by atoms with Crippen LogP contribution in [-0.4, -0.2) is 41.6 Å². The second-order valence-corrected chi connectivity index (χ2v) is 10.9. The number of nitrogens with one attached hydrogen (secondary N) is 1. The Morgan fingerprint density at radius 2 is 1.13 bits per heavy atom. The number of carbonyl (C=O) groups excluding carboxylic acids is 2. The summed E-state index contributed by atoms with van der Waals surface area (Å²) in [6, 6.07) is -0.857. The number of carbonyl (C=O) groups is 3. The van der Waals surface area contributed by atoms with E-state index >= 15 is 0 Å².